The van der Waals surface area contributed by atoms with Gasteiger partial charge in [0.1, 0.15) is 5.82 Å². The highest BCUT2D eigenvalue weighted by molar-refractivity contribution is 5.91. The van der Waals surface area contributed by atoms with Crippen molar-refractivity contribution in [1.29, 1.82) is 0 Å². The monoisotopic (exact) mass is 304 g/mol. The van der Waals surface area contributed by atoms with Gasteiger partial charge in [0.05, 0.1) is 6.26 Å². The zero-order valence-electron chi connectivity index (χ0n) is 12.9. The maximum Gasteiger partial charge on any atom is 0.345 e. The largest absolute Gasteiger partial charge is 0.459 e. The molecule has 1 aliphatic heterocycles. The van der Waals surface area contributed by atoms with Gasteiger partial charge in [-0.3, -0.25) is 9.36 Å². The number of likely N-dealkylation sites (tertiary alicyclic amines) is 1. The minimum atomic E-state index is -0.105. The van der Waals surface area contributed by atoms with Gasteiger partial charge in [-0.15, -0.1) is 0 Å². The Labute approximate surface area is 128 Å². The molecule has 0 bridgehead atoms. The lowest BCUT2D eigenvalue weighted by atomic mass is 9.97. The van der Waals surface area contributed by atoms with Crippen LogP contribution in [0.2, 0.25) is 0 Å². The molecule has 0 saturated carbocycles. The van der Waals surface area contributed by atoms with Crippen molar-refractivity contribution in [2.24, 2.45) is 7.05 Å². The lowest BCUT2D eigenvalue weighted by molar-refractivity contribution is 0.0671. The second-order valence-corrected chi connectivity index (χ2v) is 5.58. The summed E-state index contributed by atoms with van der Waals surface area (Å²) >= 11 is 0. The molecule has 22 heavy (non-hydrogen) atoms. The molecular weight excluding hydrogens is 284 g/mol. The number of nitrogens with zero attached hydrogens (tertiary/aromatic N) is 4. The quantitative estimate of drug-likeness (QED) is 0.854. The van der Waals surface area contributed by atoms with Gasteiger partial charge in [0.15, 0.2) is 5.76 Å². The van der Waals surface area contributed by atoms with Crippen LogP contribution in [0.3, 0.4) is 0 Å². The minimum Gasteiger partial charge on any atom is -0.459 e. The Bertz CT molecular complexity index is 714. The normalized spacial score (nSPS) is 18.6. The summed E-state index contributed by atoms with van der Waals surface area (Å²) in [6, 6.07) is 3.39. The van der Waals surface area contributed by atoms with E-state index in [4.69, 9.17) is 4.42 Å². The number of rotatable bonds is 3. The first-order chi connectivity index (χ1) is 10.6. The number of carbonyl (C=O) groups is 1. The third-order valence-corrected chi connectivity index (χ3v) is 4.16. The van der Waals surface area contributed by atoms with Gasteiger partial charge in [-0.05, 0) is 31.9 Å². The third kappa shape index (κ3) is 2.47. The predicted molar refractivity (Wildman–Crippen MR) is 79.7 cm³/mol. The van der Waals surface area contributed by atoms with E-state index in [1.165, 1.54) is 10.9 Å². The summed E-state index contributed by atoms with van der Waals surface area (Å²) in [7, 11) is 1.66. The standard InChI is InChI=1S/C15H20N4O3/c1-3-19-13(16-17(2)15(19)21)11-6-4-8-18(10-11)14(20)12-7-5-9-22-12/h5,7,9,11H,3-4,6,8,10H2,1-2H3. The predicted octanol–water partition coefficient (Wildman–Crippen LogP) is 1.21. The molecule has 1 aliphatic rings. The van der Waals surface area contributed by atoms with E-state index in [2.05, 4.69) is 5.10 Å². The van der Waals surface area contributed by atoms with Gasteiger partial charge in [0.2, 0.25) is 0 Å². The zero-order chi connectivity index (χ0) is 15.7. The molecule has 7 nitrogen and oxygen atoms in total. The Kier molecular flexibility index (Phi) is 3.87. The van der Waals surface area contributed by atoms with Crippen LogP contribution in [0.25, 0.3) is 0 Å². The molecule has 0 radical (unpaired) electrons. The summed E-state index contributed by atoms with van der Waals surface area (Å²) in [5, 5.41) is 4.37. The topological polar surface area (TPSA) is 73.3 Å². The molecule has 1 amide bonds. The molecule has 1 unspecified atom stereocenters. The summed E-state index contributed by atoms with van der Waals surface area (Å²) in [5.41, 5.74) is -0.105. The van der Waals surface area contributed by atoms with Crippen molar-refractivity contribution in [3.8, 4) is 0 Å². The van der Waals surface area contributed by atoms with E-state index in [-0.39, 0.29) is 17.5 Å². The number of carbonyl (C=O) groups excluding carboxylic acids is 1. The van der Waals surface area contributed by atoms with Crippen molar-refractivity contribution in [2.75, 3.05) is 13.1 Å². The number of piperidine rings is 1. The molecule has 0 aromatic carbocycles. The Morgan fingerprint density at radius 3 is 3.00 bits per heavy atom. The van der Waals surface area contributed by atoms with Gasteiger partial charge >= 0.3 is 5.69 Å². The molecular formula is C15H20N4O3. The molecule has 2 aromatic heterocycles. The van der Waals surface area contributed by atoms with Crippen molar-refractivity contribution >= 4 is 5.91 Å². The molecule has 1 fully saturated rings. The van der Waals surface area contributed by atoms with Gasteiger partial charge in [0, 0.05) is 32.6 Å². The highest BCUT2D eigenvalue weighted by Gasteiger charge is 2.30. The Morgan fingerprint density at radius 2 is 2.32 bits per heavy atom. The van der Waals surface area contributed by atoms with Gasteiger partial charge in [-0.1, -0.05) is 0 Å². The fourth-order valence-corrected chi connectivity index (χ4v) is 3.05. The zero-order valence-corrected chi connectivity index (χ0v) is 12.9. The summed E-state index contributed by atoms with van der Waals surface area (Å²) < 4.78 is 8.24. The van der Waals surface area contributed by atoms with Crippen LogP contribution < -0.4 is 5.69 Å². The lowest BCUT2D eigenvalue weighted by Gasteiger charge is -2.31. The van der Waals surface area contributed by atoms with Crippen molar-refractivity contribution in [3.05, 3.63) is 40.5 Å². The maximum atomic E-state index is 12.4. The van der Waals surface area contributed by atoms with Gasteiger partial charge in [-0.2, -0.15) is 5.10 Å². The second kappa shape index (κ2) is 5.82. The van der Waals surface area contributed by atoms with Gasteiger partial charge in [0.25, 0.3) is 5.91 Å². The molecule has 0 N–H and O–H groups in total. The van der Waals surface area contributed by atoms with Crippen LogP contribution in [-0.4, -0.2) is 38.2 Å². The number of aromatic nitrogens is 3. The van der Waals surface area contributed by atoms with Crippen LogP contribution in [0.1, 0.15) is 42.1 Å². The van der Waals surface area contributed by atoms with Gasteiger partial charge in [-0.25, -0.2) is 9.48 Å². The van der Waals surface area contributed by atoms with E-state index < -0.39 is 0 Å². The van der Waals surface area contributed by atoms with Crippen LogP contribution in [0, 0.1) is 0 Å². The second-order valence-electron chi connectivity index (χ2n) is 5.58. The highest BCUT2D eigenvalue weighted by Crippen LogP contribution is 2.26. The molecule has 3 heterocycles. The third-order valence-electron chi connectivity index (χ3n) is 4.16. The molecule has 7 heteroatoms. The number of hydrogen-bond acceptors (Lipinski definition) is 4. The smallest absolute Gasteiger partial charge is 0.345 e. The lowest BCUT2D eigenvalue weighted by Crippen LogP contribution is -2.40. The average Bonchev–Trinajstić information content (AvgIpc) is 3.16. The van der Waals surface area contributed by atoms with Gasteiger partial charge < -0.3 is 9.32 Å². The minimum absolute atomic E-state index is 0.0847. The Balaban J connectivity index is 1.83. The summed E-state index contributed by atoms with van der Waals surface area (Å²) in [6.07, 6.45) is 3.33. The van der Waals surface area contributed by atoms with Crippen molar-refractivity contribution in [2.45, 2.75) is 32.2 Å². The molecule has 3 rings (SSSR count). The number of amides is 1. The van der Waals surface area contributed by atoms with Crippen LogP contribution in [0.4, 0.5) is 0 Å². The first kappa shape index (κ1) is 14.6. The van der Waals surface area contributed by atoms with E-state index in [0.717, 1.165) is 18.7 Å². The van der Waals surface area contributed by atoms with E-state index in [1.54, 1.807) is 28.6 Å². The maximum absolute atomic E-state index is 12.4. The van der Waals surface area contributed by atoms with E-state index >= 15 is 0 Å². The Morgan fingerprint density at radius 1 is 1.50 bits per heavy atom. The average molecular weight is 304 g/mol. The summed E-state index contributed by atoms with van der Waals surface area (Å²) in [4.78, 5) is 26.2. The SMILES string of the molecule is CCn1c(C2CCCN(C(=O)c3ccco3)C2)nn(C)c1=O. The van der Waals surface area contributed by atoms with E-state index in [0.29, 0.717) is 25.4 Å². The molecule has 2 aromatic rings. The first-order valence-corrected chi connectivity index (χ1v) is 7.58. The molecule has 0 spiro atoms. The van der Waals surface area contributed by atoms with Crippen LogP contribution in [0.5, 0.6) is 0 Å². The van der Waals surface area contributed by atoms with E-state index in [9.17, 15) is 9.59 Å². The molecule has 1 saturated heterocycles. The fourth-order valence-electron chi connectivity index (χ4n) is 3.05. The van der Waals surface area contributed by atoms with Crippen molar-refractivity contribution in [1.82, 2.24) is 19.2 Å². The van der Waals surface area contributed by atoms with Crippen molar-refractivity contribution in [3.63, 3.8) is 0 Å². The fraction of sp³-hybridized carbons (Fsp3) is 0.533. The summed E-state index contributed by atoms with van der Waals surface area (Å²) in [5.74, 6) is 1.11. The van der Waals surface area contributed by atoms with Crippen LogP contribution in [-0.2, 0) is 13.6 Å². The van der Waals surface area contributed by atoms with Crippen LogP contribution >= 0.6 is 0 Å². The molecule has 0 aliphatic carbocycles. The highest BCUT2D eigenvalue weighted by atomic mass is 16.3. The van der Waals surface area contributed by atoms with E-state index in [1.807, 2.05) is 6.92 Å². The number of aryl methyl sites for hydroxylation is 1. The molecule has 1 atom stereocenters. The molecule has 118 valence electrons. The number of furan rings is 1. The summed E-state index contributed by atoms with van der Waals surface area (Å²) in [6.45, 7) is 3.79. The first-order valence-electron chi connectivity index (χ1n) is 7.58. The Hall–Kier alpha value is -2.31. The van der Waals surface area contributed by atoms with Crippen LogP contribution in [0.15, 0.2) is 27.6 Å². The number of hydrogen-bond donors (Lipinski definition) is 0. The van der Waals surface area contributed by atoms with Crippen molar-refractivity contribution < 1.29 is 9.21 Å².